The maximum Gasteiger partial charge on any atom is 0.0419 e. The number of hydrogen-bond donors (Lipinski definition) is 1. The van der Waals surface area contributed by atoms with E-state index in [2.05, 4.69) is 48.3 Å². The maximum atomic E-state index is 3.29. The number of nitrogens with one attached hydrogen (secondary N) is 1. The first kappa shape index (κ1) is 8.54. The van der Waals surface area contributed by atoms with Crippen LogP contribution in [0.4, 0.5) is 0 Å². The van der Waals surface area contributed by atoms with E-state index in [-0.39, 0.29) is 0 Å². The van der Waals surface area contributed by atoms with Crippen LogP contribution in [0.25, 0.3) is 11.1 Å². The molecule has 2 aromatic rings. The largest absolute Gasteiger partial charge is 0.361 e. The second-order valence-corrected chi connectivity index (χ2v) is 4.02. The second kappa shape index (κ2) is 3.13. The second-order valence-electron chi connectivity index (χ2n) is 4.02. The predicted octanol–water partition coefficient (Wildman–Crippen LogP) is 3.50. The first-order chi connectivity index (χ1) is 7.36. The van der Waals surface area contributed by atoms with E-state index < -0.39 is 0 Å². The number of H-pyrrole nitrogens is 1. The van der Waals surface area contributed by atoms with E-state index in [1.807, 2.05) is 6.20 Å². The van der Waals surface area contributed by atoms with Crippen LogP contribution in [0.15, 0.2) is 42.6 Å². The van der Waals surface area contributed by atoms with Crippen molar-refractivity contribution in [2.45, 2.75) is 13.3 Å². The molecule has 0 fully saturated rings. The molecule has 1 nitrogen and oxygen atoms in total. The van der Waals surface area contributed by atoms with Gasteiger partial charge in [0, 0.05) is 18.3 Å². The summed E-state index contributed by atoms with van der Waals surface area (Å²) in [6.45, 7) is 2.21. The van der Waals surface area contributed by atoms with Crippen LogP contribution in [-0.4, -0.2) is 4.98 Å². The molecule has 1 aromatic heterocycles. The van der Waals surface area contributed by atoms with Gasteiger partial charge in [-0.15, -0.1) is 0 Å². The van der Waals surface area contributed by atoms with Crippen molar-refractivity contribution in [3.8, 4) is 0 Å². The number of hydrogen-bond acceptors (Lipinski definition) is 0. The summed E-state index contributed by atoms with van der Waals surface area (Å²) in [5.41, 5.74) is 6.94. The molecule has 0 saturated carbocycles. The van der Waals surface area contributed by atoms with Crippen molar-refractivity contribution in [3.05, 3.63) is 59.4 Å². The van der Waals surface area contributed by atoms with Crippen molar-refractivity contribution in [1.82, 2.24) is 4.98 Å². The molecule has 1 aromatic carbocycles. The van der Waals surface area contributed by atoms with Crippen LogP contribution < -0.4 is 0 Å². The molecular weight excluding hydrogens is 182 g/mol. The lowest BCUT2D eigenvalue weighted by Crippen LogP contribution is -1.84. The molecule has 0 bridgehead atoms. The molecule has 0 aliphatic heterocycles. The van der Waals surface area contributed by atoms with Gasteiger partial charge in [-0.2, -0.15) is 0 Å². The van der Waals surface area contributed by atoms with Gasteiger partial charge in [0.1, 0.15) is 0 Å². The maximum absolute atomic E-state index is 3.29. The van der Waals surface area contributed by atoms with E-state index in [9.17, 15) is 0 Å². The number of allylic oxidation sites excluding steroid dienone is 2. The molecule has 0 unspecified atom stereocenters. The highest BCUT2D eigenvalue weighted by atomic mass is 14.7. The Bertz CT molecular complexity index is 518. The van der Waals surface area contributed by atoms with Gasteiger partial charge in [-0.1, -0.05) is 24.3 Å². The Morgan fingerprint density at radius 2 is 1.93 bits per heavy atom. The summed E-state index contributed by atoms with van der Waals surface area (Å²) in [5, 5.41) is 0. The zero-order valence-corrected chi connectivity index (χ0v) is 8.75. The zero-order valence-electron chi connectivity index (χ0n) is 8.75. The van der Waals surface area contributed by atoms with E-state index >= 15 is 0 Å². The summed E-state index contributed by atoms with van der Waals surface area (Å²) in [6.07, 6.45) is 3.04. The van der Waals surface area contributed by atoms with Crippen LogP contribution in [0.1, 0.15) is 23.7 Å². The lowest BCUT2D eigenvalue weighted by molar-refractivity contribution is 1.26. The van der Waals surface area contributed by atoms with Gasteiger partial charge >= 0.3 is 0 Å². The van der Waals surface area contributed by atoms with Crippen molar-refractivity contribution >= 4 is 11.1 Å². The van der Waals surface area contributed by atoms with Gasteiger partial charge < -0.3 is 4.98 Å². The number of benzene rings is 1. The van der Waals surface area contributed by atoms with Crippen LogP contribution >= 0.6 is 0 Å². The van der Waals surface area contributed by atoms with E-state index in [0.717, 1.165) is 6.42 Å². The Hall–Kier alpha value is -1.76. The average Bonchev–Trinajstić information content (AvgIpc) is 2.87. The summed E-state index contributed by atoms with van der Waals surface area (Å²) < 4.78 is 0. The van der Waals surface area contributed by atoms with Gasteiger partial charge in [-0.3, -0.25) is 0 Å². The molecular formula is C14H13N. The lowest BCUT2D eigenvalue weighted by atomic mass is 10.1. The summed E-state index contributed by atoms with van der Waals surface area (Å²) in [5.74, 6) is 0. The third-order valence-corrected chi connectivity index (χ3v) is 3.16. The molecule has 74 valence electrons. The number of aromatic amines is 1. The molecule has 0 radical (unpaired) electrons. The topological polar surface area (TPSA) is 15.8 Å². The highest BCUT2D eigenvalue weighted by molar-refractivity contribution is 5.95. The molecule has 0 amide bonds. The molecule has 3 rings (SSSR count). The molecule has 1 heteroatoms. The Morgan fingerprint density at radius 1 is 1.07 bits per heavy atom. The van der Waals surface area contributed by atoms with Crippen molar-refractivity contribution in [3.63, 3.8) is 0 Å². The summed E-state index contributed by atoms with van der Waals surface area (Å²) in [4.78, 5) is 3.29. The van der Waals surface area contributed by atoms with Crippen LogP contribution in [0.2, 0.25) is 0 Å². The highest BCUT2D eigenvalue weighted by Crippen LogP contribution is 2.36. The van der Waals surface area contributed by atoms with E-state index in [0.29, 0.717) is 0 Å². The number of rotatable bonds is 1. The first-order valence-electron chi connectivity index (χ1n) is 5.28. The van der Waals surface area contributed by atoms with Gasteiger partial charge in [0.2, 0.25) is 0 Å². The smallest absolute Gasteiger partial charge is 0.0419 e. The first-order valence-corrected chi connectivity index (χ1v) is 5.28. The van der Waals surface area contributed by atoms with Gasteiger partial charge in [-0.25, -0.2) is 0 Å². The minimum atomic E-state index is 1.06. The van der Waals surface area contributed by atoms with E-state index in [4.69, 9.17) is 0 Å². The Morgan fingerprint density at radius 3 is 2.67 bits per heavy atom. The monoisotopic (exact) mass is 195 g/mol. The van der Waals surface area contributed by atoms with Gasteiger partial charge in [0.15, 0.2) is 0 Å². The lowest BCUT2D eigenvalue weighted by Gasteiger charge is -2.00. The fraction of sp³-hybridized carbons (Fsp3) is 0.143. The average molecular weight is 195 g/mol. The highest BCUT2D eigenvalue weighted by Gasteiger charge is 2.18. The Labute approximate surface area is 89.5 Å². The SMILES string of the molecule is CC1=C(c2ccc[nH]2)Cc2ccccc21. The minimum absolute atomic E-state index is 1.06. The van der Waals surface area contributed by atoms with Crippen LogP contribution in [-0.2, 0) is 6.42 Å². The summed E-state index contributed by atoms with van der Waals surface area (Å²) in [7, 11) is 0. The van der Waals surface area contributed by atoms with Crippen molar-refractivity contribution in [2.24, 2.45) is 0 Å². The van der Waals surface area contributed by atoms with Crippen molar-refractivity contribution < 1.29 is 0 Å². The molecule has 1 aliphatic rings. The molecule has 1 N–H and O–H groups in total. The Kier molecular flexibility index (Phi) is 1.78. The quantitative estimate of drug-likeness (QED) is 0.716. The van der Waals surface area contributed by atoms with Crippen molar-refractivity contribution in [2.75, 3.05) is 0 Å². The fourth-order valence-corrected chi connectivity index (χ4v) is 2.34. The molecule has 15 heavy (non-hydrogen) atoms. The van der Waals surface area contributed by atoms with Gasteiger partial charge in [-0.05, 0) is 41.3 Å². The molecule has 0 atom stereocenters. The predicted molar refractivity (Wildman–Crippen MR) is 63.4 cm³/mol. The van der Waals surface area contributed by atoms with Gasteiger partial charge in [0.25, 0.3) is 0 Å². The molecule has 0 saturated heterocycles. The molecule has 1 aliphatic carbocycles. The fourth-order valence-electron chi connectivity index (χ4n) is 2.34. The zero-order chi connectivity index (χ0) is 10.3. The minimum Gasteiger partial charge on any atom is -0.361 e. The van der Waals surface area contributed by atoms with Crippen molar-refractivity contribution in [1.29, 1.82) is 0 Å². The molecule has 1 heterocycles. The summed E-state index contributed by atoms with van der Waals surface area (Å²) in [6, 6.07) is 12.8. The third-order valence-electron chi connectivity index (χ3n) is 3.16. The van der Waals surface area contributed by atoms with Crippen LogP contribution in [0.3, 0.4) is 0 Å². The third kappa shape index (κ3) is 1.23. The standard InChI is InChI=1S/C14H13N/c1-10-12-6-3-2-5-11(12)9-13(10)14-7-4-8-15-14/h2-8,15H,9H2,1H3. The molecule has 0 spiro atoms. The summed E-state index contributed by atoms with van der Waals surface area (Å²) >= 11 is 0. The van der Waals surface area contributed by atoms with E-state index in [1.54, 1.807) is 0 Å². The Balaban J connectivity index is 2.13. The normalized spacial score (nSPS) is 14.5. The van der Waals surface area contributed by atoms with Crippen LogP contribution in [0, 0.1) is 0 Å². The number of fused-ring (bicyclic) bond motifs is 1. The number of aromatic nitrogens is 1. The van der Waals surface area contributed by atoms with Gasteiger partial charge in [0.05, 0.1) is 0 Å². The van der Waals surface area contributed by atoms with Crippen LogP contribution in [0.5, 0.6) is 0 Å². The van der Waals surface area contributed by atoms with E-state index in [1.165, 1.54) is 28.0 Å².